The van der Waals surface area contributed by atoms with Gasteiger partial charge in [-0.15, -0.1) is 0 Å². The number of amides is 1. The summed E-state index contributed by atoms with van der Waals surface area (Å²) in [6.07, 6.45) is 0.554. The number of hydrogen-bond donors (Lipinski definition) is 0. The first-order valence-corrected chi connectivity index (χ1v) is 9.72. The molecule has 0 N–H and O–H groups in total. The summed E-state index contributed by atoms with van der Waals surface area (Å²) in [6, 6.07) is 3.94. The highest BCUT2D eigenvalue weighted by Crippen LogP contribution is 2.18. The molecule has 25 heavy (non-hydrogen) atoms. The minimum atomic E-state index is -3.39. The second-order valence-corrected chi connectivity index (χ2v) is 8.05. The number of ether oxygens (including phenoxy) is 2. The Hall–Kier alpha value is -2.00. The van der Waals surface area contributed by atoms with E-state index < -0.39 is 33.4 Å². The Bertz CT molecular complexity index is 764. The molecular formula is C16H20FNO6S. The summed E-state index contributed by atoms with van der Waals surface area (Å²) in [5.74, 6) is -1.82. The zero-order valence-corrected chi connectivity index (χ0v) is 14.8. The third-order valence-electron chi connectivity index (χ3n) is 3.63. The predicted molar refractivity (Wildman–Crippen MR) is 87.9 cm³/mol. The van der Waals surface area contributed by atoms with Gasteiger partial charge in [0, 0.05) is 18.9 Å². The summed E-state index contributed by atoms with van der Waals surface area (Å²) in [4.78, 5) is 24.6. The highest BCUT2D eigenvalue weighted by Gasteiger charge is 2.26. The summed E-state index contributed by atoms with van der Waals surface area (Å²) in [5.41, 5.74) is -0.0150. The number of sulfone groups is 1. The van der Waals surface area contributed by atoms with E-state index in [1.54, 1.807) is 0 Å². The number of rotatable bonds is 6. The van der Waals surface area contributed by atoms with Crippen LogP contribution < -0.4 is 4.74 Å². The van der Waals surface area contributed by atoms with E-state index in [9.17, 15) is 22.4 Å². The van der Waals surface area contributed by atoms with Crippen molar-refractivity contribution in [1.82, 2.24) is 4.90 Å². The summed E-state index contributed by atoms with van der Waals surface area (Å²) in [6.45, 7) is 2.12. The fraction of sp³-hybridized carbons (Fsp3) is 0.500. The molecule has 1 aliphatic heterocycles. The number of Topliss-reactive ketones (excluding diaryl/α,β-unsaturated/α-hetero) is 1. The van der Waals surface area contributed by atoms with Crippen molar-refractivity contribution in [3.63, 3.8) is 0 Å². The van der Waals surface area contributed by atoms with E-state index in [-0.39, 0.29) is 36.9 Å². The van der Waals surface area contributed by atoms with Crippen LogP contribution in [0.5, 0.6) is 5.75 Å². The zero-order chi connectivity index (χ0) is 18.6. The van der Waals surface area contributed by atoms with Gasteiger partial charge in [-0.3, -0.25) is 9.59 Å². The van der Waals surface area contributed by atoms with Crippen LogP contribution in [0.4, 0.5) is 4.39 Å². The van der Waals surface area contributed by atoms with Gasteiger partial charge in [0.15, 0.2) is 15.6 Å². The number of carbonyl (C=O) groups is 2. The number of ketones is 1. The van der Waals surface area contributed by atoms with E-state index in [0.29, 0.717) is 6.54 Å². The van der Waals surface area contributed by atoms with E-state index in [0.717, 1.165) is 12.3 Å². The van der Waals surface area contributed by atoms with Crippen molar-refractivity contribution in [1.29, 1.82) is 0 Å². The fourth-order valence-corrected chi connectivity index (χ4v) is 3.05. The SMILES string of the molecule is CC(=O)c1ccc(OCC2CN(C(=O)CS(C)(=O)=O)CCO2)cc1F. The van der Waals surface area contributed by atoms with Crippen LogP contribution in [0.25, 0.3) is 0 Å². The third-order valence-corrected chi connectivity index (χ3v) is 4.40. The molecule has 1 fully saturated rings. The number of hydrogen-bond acceptors (Lipinski definition) is 6. The molecule has 1 atom stereocenters. The lowest BCUT2D eigenvalue weighted by atomic mass is 10.1. The van der Waals surface area contributed by atoms with Crippen LogP contribution in [-0.4, -0.2) is 69.4 Å². The van der Waals surface area contributed by atoms with Crippen molar-refractivity contribution < 1.29 is 31.9 Å². The number of halogens is 1. The Morgan fingerprint density at radius 1 is 1.40 bits per heavy atom. The molecule has 9 heteroatoms. The molecule has 1 heterocycles. The molecule has 1 aromatic carbocycles. The van der Waals surface area contributed by atoms with Crippen molar-refractivity contribution >= 4 is 21.5 Å². The van der Waals surface area contributed by atoms with Gasteiger partial charge in [0.1, 0.15) is 30.0 Å². The quantitative estimate of drug-likeness (QED) is 0.681. The number of carbonyl (C=O) groups excluding carboxylic acids is 2. The van der Waals surface area contributed by atoms with E-state index in [4.69, 9.17) is 9.47 Å². The molecule has 0 aromatic heterocycles. The number of nitrogens with zero attached hydrogens (tertiary/aromatic N) is 1. The Kier molecular flexibility index (Phi) is 6.12. The maximum atomic E-state index is 13.8. The smallest absolute Gasteiger partial charge is 0.237 e. The van der Waals surface area contributed by atoms with Gasteiger partial charge < -0.3 is 14.4 Å². The molecule has 0 saturated carbocycles. The van der Waals surface area contributed by atoms with Crippen LogP contribution >= 0.6 is 0 Å². The Labute approximate surface area is 145 Å². The summed E-state index contributed by atoms with van der Waals surface area (Å²) >= 11 is 0. The maximum Gasteiger partial charge on any atom is 0.237 e. The predicted octanol–water partition coefficient (Wildman–Crippen LogP) is 0.679. The zero-order valence-electron chi connectivity index (χ0n) is 14.0. The minimum Gasteiger partial charge on any atom is -0.491 e. The van der Waals surface area contributed by atoms with E-state index >= 15 is 0 Å². The largest absolute Gasteiger partial charge is 0.491 e. The van der Waals surface area contributed by atoms with Crippen molar-refractivity contribution in [2.45, 2.75) is 13.0 Å². The molecule has 0 bridgehead atoms. The first-order valence-electron chi connectivity index (χ1n) is 7.66. The molecule has 1 aliphatic rings. The second-order valence-electron chi connectivity index (χ2n) is 5.91. The van der Waals surface area contributed by atoms with Crippen molar-refractivity contribution in [2.75, 3.05) is 38.3 Å². The molecule has 0 radical (unpaired) electrons. The van der Waals surface area contributed by atoms with Crippen LogP contribution in [0.3, 0.4) is 0 Å². The van der Waals surface area contributed by atoms with Gasteiger partial charge in [-0.25, -0.2) is 12.8 Å². The monoisotopic (exact) mass is 373 g/mol. The van der Waals surface area contributed by atoms with Gasteiger partial charge in [0.05, 0.1) is 18.7 Å². The van der Waals surface area contributed by atoms with E-state index in [2.05, 4.69) is 0 Å². The topological polar surface area (TPSA) is 90.0 Å². The van der Waals surface area contributed by atoms with Crippen LogP contribution in [-0.2, 0) is 19.4 Å². The first kappa shape index (κ1) is 19.3. The van der Waals surface area contributed by atoms with E-state index in [1.807, 2.05) is 0 Å². The molecule has 0 aliphatic carbocycles. The van der Waals surface area contributed by atoms with Crippen LogP contribution in [0.1, 0.15) is 17.3 Å². The summed E-state index contributed by atoms with van der Waals surface area (Å²) < 4.78 is 47.1. The van der Waals surface area contributed by atoms with Crippen LogP contribution in [0.15, 0.2) is 18.2 Å². The summed E-state index contributed by atoms with van der Waals surface area (Å²) in [5, 5.41) is 0. The van der Waals surface area contributed by atoms with Gasteiger partial charge in [0.25, 0.3) is 0 Å². The molecule has 1 aromatic rings. The number of morpholine rings is 1. The maximum absolute atomic E-state index is 13.8. The molecule has 2 rings (SSSR count). The van der Waals surface area contributed by atoms with Crippen molar-refractivity contribution in [2.24, 2.45) is 0 Å². The fourth-order valence-electron chi connectivity index (χ4n) is 2.42. The average molecular weight is 373 g/mol. The van der Waals surface area contributed by atoms with Gasteiger partial charge >= 0.3 is 0 Å². The highest BCUT2D eigenvalue weighted by atomic mass is 32.2. The first-order chi connectivity index (χ1) is 11.7. The lowest BCUT2D eigenvalue weighted by Crippen LogP contribution is -2.49. The van der Waals surface area contributed by atoms with Crippen molar-refractivity contribution in [3.05, 3.63) is 29.6 Å². The summed E-state index contributed by atoms with van der Waals surface area (Å²) in [7, 11) is -3.39. The molecule has 1 saturated heterocycles. The van der Waals surface area contributed by atoms with Gasteiger partial charge in [-0.1, -0.05) is 0 Å². The third kappa shape index (κ3) is 5.79. The minimum absolute atomic E-state index is 0.0150. The highest BCUT2D eigenvalue weighted by molar-refractivity contribution is 7.91. The standard InChI is InChI=1S/C16H20FNO6S/c1-11(19)14-4-3-12(7-15(14)17)24-9-13-8-18(5-6-23-13)16(20)10-25(2,21)22/h3-4,7,13H,5-6,8-10H2,1-2H3. The van der Waals surface area contributed by atoms with Crippen molar-refractivity contribution in [3.8, 4) is 5.75 Å². The molecular weight excluding hydrogens is 353 g/mol. The van der Waals surface area contributed by atoms with Crippen LogP contribution in [0, 0.1) is 5.82 Å². The molecule has 138 valence electrons. The normalized spacial score (nSPS) is 18.0. The molecule has 1 amide bonds. The average Bonchev–Trinajstić information content (AvgIpc) is 2.51. The Morgan fingerprint density at radius 2 is 2.12 bits per heavy atom. The van der Waals surface area contributed by atoms with Gasteiger partial charge in [0.2, 0.25) is 5.91 Å². The molecule has 7 nitrogen and oxygen atoms in total. The lowest BCUT2D eigenvalue weighted by Gasteiger charge is -2.32. The Balaban J connectivity index is 1.91. The van der Waals surface area contributed by atoms with Gasteiger partial charge in [-0.2, -0.15) is 0 Å². The van der Waals surface area contributed by atoms with E-state index in [1.165, 1.54) is 24.0 Å². The Morgan fingerprint density at radius 3 is 2.72 bits per heavy atom. The molecule has 1 unspecified atom stereocenters. The van der Waals surface area contributed by atoms with Gasteiger partial charge in [-0.05, 0) is 19.1 Å². The van der Waals surface area contributed by atoms with Crippen LogP contribution in [0.2, 0.25) is 0 Å². The lowest BCUT2D eigenvalue weighted by molar-refractivity contribution is -0.137. The molecule has 0 spiro atoms. The second kappa shape index (κ2) is 7.92. The number of benzene rings is 1.